The van der Waals surface area contributed by atoms with Crippen molar-refractivity contribution in [2.45, 2.75) is 19.6 Å². The molecule has 102 valence electrons. The van der Waals surface area contributed by atoms with Crippen molar-refractivity contribution in [1.82, 2.24) is 0 Å². The molecule has 0 spiro atoms. The molecule has 3 aromatic rings. The first kappa shape index (κ1) is 13.1. The molecule has 0 aromatic heterocycles. The lowest BCUT2D eigenvalue weighted by atomic mass is 10.4. The second kappa shape index (κ2) is 5.63. The summed E-state index contributed by atoms with van der Waals surface area (Å²) in [4.78, 5) is 6.01. The van der Waals surface area contributed by atoms with Crippen LogP contribution < -0.4 is 0 Å². The highest BCUT2D eigenvalue weighted by atomic mass is 32.3. The Kier molecular flexibility index (Phi) is 3.50. The largest absolute Gasteiger partial charge is 0.279 e. The molecule has 0 fully saturated rings. The molecule has 1 aliphatic rings. The maximum atomic E-state index is 2.32. The van der Waals surface area contributed by atoms with Gasteiger partial charge in [-0.05, 0) is 36.4 Å². The van der Waals surface area contributed by atoms with Crippen molar-refractivity contribution in [3.05, 3.63) is 84.9 Å². The number of benzene rings is 3. The van der Waals surface area contributed by atoms with Crippen molar-refractivity contribution < 1.29 is 0 Å². The molecule has 3 aromatic carbocycles. The van der Waals surface area contributed by atoms with E-state index >= 15 is 0 Å². The second-order valence-electron chi connectivity index (χ2n) is 4.97. The summed E-state index contributed by atoms with van der Waals surface area (Å²) in [6, 6.07) is 30.9. The first-order chi connectivity index (χ1) is 10.4. The van der Waals surface area contributed by atoms with Crippen molar-refractivity contribution >= 4 is 21.8 Å². The maximum Gasteiger partial charge on any atom is 0.279 e. The van der Waals surface area contributed by atoms with Gasteiger partial charge in [-0.1, -0.05) is 48.5 Å². The average Bonchev–Trinajstić information content (AvgIpc) is 2.96. The van der Waals surface area contributed by atoms with Crippen LogP contribution in [0.2, 0.25) is 0 Å². The van der Waals surface area contributed by atoms with Crippen LogP contribution in [0.5, 0.6) is 0 Å². The normalized spacial score (nSPS) is 20.2. The number of fused-ring (bicyclic) bond motifs is 1. The Morgan fingerprint density at radius 3 is 1.29 bits per heavy atom. The molecule has 21 heavy (non-hydrogen) atoms. The zero-order valence-electron chi connectivity index (χ0n) is 11.6. The minimum atomic E-state index is 0.216. The van der Waals surface area contributed by atoms with Crippen LogP contribution in [0.1, 0.15) is 0 Å². The van der Waals surface area contributed by atoms with Crippen molar-refractivity contribution in [3.63, 3.8) is 0 Å². The van der Waals surface area contributed by atoms with Crippen LogP contribution in [-0.4, -0.2) is 5.08 Å². The molecule has 0 nitrogen and oxygen atoms in total. The van der Waals surface area contributed by atoms with Gasteiger partial charge in [0.15, 0.2) is 9.79 Å². The number of rotatable bonds is 2. The van der Waals surface area contributed by atoms with Crippen molar-refractivity contribution in [1.29, 1.82) is 0 Å². The van der Waals surface area contributed by atoms with E-state index < -0.39 is 0 Å². The molecular weight excluding hydrogens is 292 g/mol. The minimum absolute atomic E-state index is 0.216. The van der Waals surface area contributed by atoms with Crippen LogP contribution in [0.3, 0.4) is 0 Å². The summed E-state index contributed by atoms with van der Waals surface area (Å²) < 4.78 is 0. The molecule has 0 bridgehead atoms. The second-order valence-corrected chi connectivity index (χ2v) is 9.30. The SMILES string of the molecule is c1ccc([S+]2C[S+](c3ccccc3)c3ccccc32)cc1. The minimum Gasteiger partial charge on any atom is -0.0619 e. The van der Waals surface area contributed by atoms with Crippen LogP contribution in [0, 0.1) is 0 Å². The first-order valence-electron chi connectivity index (χ1n) is 7.04. The molecule has 1 heterocycles. The van der Waals surface area contributed by atoms with E-state index in [2.05, 4.69) is 84.9 Å². The first-order valence-corrected chi connectivity index (χ1v) is 9.83. The van der Waals surface area contributed by atoms with Gasteiger partial charge < -0.3 is 0 Å². The van der Waals surface area contributed by atoms with Gasteiger partial charge in [-0.2, -0.15) is 0 Å². The van der Waals surface area contributed by atoms with E-state index in [4.69, 9.17) is 0 Å². The molecule has 0 aliphatic carbocycles. The molecule has 0 radical (unpaired) electrons. The van der Waals surface area contributed by atoms with Crippen molar-refractivity contribution in [3.8, 4) is 0 Å². The van der Waals surface area contributed by atoms with E-state index in [1.54, 1.807) is 0 Å². The van der Waals surface area contributed by atoms with Crippen LogP contribution in [0.25, 0.3) is 0 Å². The topological polar surface area (TPSA) is 0 Å². The highest BCUT2D eigenvalue weighted by Crippen LogP contribution is 2.42. The third-order valence-electron chi connectivity index (χ3n) is 3.67. The van der Waals surface area contributed by atoms with E-state index in [9.17, 15) is 0 Å². The van der Waals surface area contributed by atoms with E-state index in [0.29, 0.717) is 0 Å². The van der Waals surface area contributed by atoms with E-state index in [-0.39, 0.29) is 21.8 Å². The summed E-state index contributed by atoms with van der Waals surface area (Å²) in [7, 11) is 0.432. The fourth-order valence-corrected chi connectivity index (χ4v) is 8.90. The Labute approximate surface area is 131 Å². The van der Waals surface area contributed by atoms with E-state index in [0.717, 1.165) is 0 Å². The van der Waals surface area contributed by atoms with Gasteiger partial charge in [-0.25, -0.2) is 0 Å². The Balaban J connectivity index is 1.81. The van der Waals surface area contributed by atoms with E-state index in [1.165, 1.54) is 24.7 Å². The Morgan fingerprint density at radius 1 is 0.476 bits per heavy atom. The summed E-state index contributed by atoms with van der Waals surface area (Å²) >= 11 is 0. The van der Waals surface area contributed by atoms with Crippen molar-refractivity contribution in [2.75, 3.05) is 5.08 Å². The standard InChI is InChI=1S/C19H16S2/c1-3-9-16(10-4-1)20-15-21(17-11-5-2-6-12-17)19-14-8-7-13-18(19)20/h1-14H,15H2/q+2. The van der Waals surface area contributed by atoms with Gasteiger partial charge in [0.1, 0.15) is 21.8 Å². The Morgan fingerprint density at radius 2 is 0.857 bits per heavy atom. The smallest absolute Gasteiger partial charge is 0.0619 e. The molecule has 0 saturated carbocycles. The van der Waals surface area contributed by atoms with Gasteiger partial charge in [0.05, 0.1) is 0 Å². The fourth-order valence-electron chi connectivity index (χ4n) is 2.66. The summed E-state index contributed by atoms with van der Waals surface area (Å²) in [5, 5.41) is 1.23. The highest BCUT2D eigenvalue weighted by molar-refractivity contribution is 8.15. The van der Waals surface area contributed by atoms with Gasteiger partial charge in [0, 0.05) is 0 Å². The third-order valence-corrected chi connectivity index (χ3v) is 9.14. The molecule has 2 heteroatoms. The summed E-state index contributed by atoms with van der Waals surface area (Å²) in [5.41, 5.74) is 0. The van der Waals surface area contributed by atoms with Gasteiger partial charge >= 0.3 is 0 Å². The Bertz CT molecular complexity index is 673. The van der Waals surface area contributed by atoms with Gasteiger partial charge in [-0.15, -0.1) is 0 Å². The van der Waals surface area contributed by atoms with Crippen molar-refractivity contribution in [2.24, 2.45) is 0 Å². The van der Waals surface area contributed by atoms with Crippen LogP contribution in [-0.2, 0) is 21.8 Å². The lowest BCUT2D eigenvalue weighted by Gasteiger charge is -1.98. The lowest BCUT2D eigenvalue weighted by Crippen LogP contribution is -2.08. The highest BCUT2D eigenvalue weighted by Gasteiger charge is 2.50. The zero-order chi connectivity index (χ0) is 14.1. The number of hydrogen-bond donors (Lipinski definition) is 0. The lowest BCUT2D eigenvalue weighted by molar-refractivity contribution is 1.23. The summed E-state index contributed by atoms with van der Waals surface area (Å²) in [6.45, 7) is 0. The third kappa shape index (κ3) is 2.39. The molecule has 0 amide bonds. The monoisotopic (exact) mass is 308 g/mol. The van der Waals surface area contributed by atoms with Crippen LogP contribution in [0.4, 0.5) is 0 Å². The quantitative estimate of drug-likeness (QED) is 0.600. The van der Waals surface area contributed by atoms with Crippen LogP contribution in [0.15, 0.2) is 105 Å². The van der Waals surface area contributed by atoms with Gasteiger partial charge in [0.2, 0.25) is 9.79 Å². The summed E-state index contributed by atoms with van der Waals surface area (Å²) in [5.74, 6) is 0. The van der Waals surface area contributed by atoms with Crippen LogP contribution >= 0.6 is 0 Å². The molecule has 2 atom stereocenters. The molecule has 4 rings (SSSR count). The summed E-state index contributed by atoms with van der Waals surface area (Å²) in [6.07, 6.45) is 0. The van der Waals surface area contributed by atoms with Gasteiger partial charge in [-0.3, -0.25) is 0 Å². The average molecular weight is 308 g/mol. The van der Waals surface area contributed by atoms with Gasteiger partial charge in [0.25, 0.3) is 5.08 Å². The molecule has 0 saturated heterocycles. The predicted molar refractivity (Wildman–Crippen MR) is 92.0 cm³/mol. The van der Waals surface area contributed by atoms with E-state index in [1.807, 2.05) is 0 Å². The maximum absolute atomic E-state index is 2.32. The molecule has 2 unspecified atom stereocenters. The molecule has 1 aliphatic heterocycles. The molecule has 0 N–H and O–H groups in total. The molecular formula is C19H16S2+2. The Hall–Kier alpha value is -1.64. The zero-order valence-corrected chi connectivity index (χ0v) is 13.2. The predicted octanol–water partition coefficient (Wildman–Crippen LogP) is 4.73. The fraction of sp³-hybridized carbons (Fsp3) is 0.0526. The number of hydrogen-bond acceptors (Lipinski definition) is 0.